The minimum absolute atomic E-state index is 0.149. The van der Waals surface area contributed by atoms with Crippen molar-refractivity contribution in [3.8, 4) is 0 Å². The highest BCUT2D eigenvalue weighted by molar-refractivity contribution is 5.30. The summed E-state index contributed by atoms with van der Waals surface area (Å²) in [6.45, 7) is 6.60. The molecule has 1 unspecified atom stereocenters. The van der Waals surface area contributed by atoms with E-state index in [0.29, 0.717) is 0 Å². The first-order chi connectivity index (χ1) is 8.89. The van der Waals surface area contributed by atoms with Gasteiger partial charge < -0.3 is 9.84 Å². The zero-order valence-electron chi connectivity index (χ0n) is 12.6. The average Bonchev–Trinajstić information content (AvgIpc) is 2.87. The molecule has 2 heteroatoms. The molecular formula is C17H26O2. The standard InChI is InChI=1S/C17H26O2/c1-16(2,3)14-9-7-13(8-10-14)15(18)17(19-4)11-5-6-12-17/h7-10,15,18H,5-6,11-12H2,1-4H3. The molecule has 0 heterocycles. The Bertz CT molecular complexity index is 408. The molecule has 1 saturated carbocycles. The first-order valence-electron chi connectivity index (χ1n) is 7.23. The van der Waals surface area contributed by atoms with Crippen LogP contribution in [0.1, 0.15) is 63.7 Å². The molecule has 1 N–H and O–H groups in total. The fraction of sp³-hybridized carbons (Fsp3) is 0.647. The van der Waals surface area contributed by atoms with Crippen molar-refractivity contribution in [1.29, 1.82) is 0 Å². The first kappa shape index (κ1) is 14.5. The molecule has 1 fully saturated rings. The Morgan fingerprint density at radius 1 is 1.11 bits per heavy atom. The van der Waals surface area contributed by atoms with Gasteiger partial charge in [0, 0.05) is 7.11 Å². The molecule has 1 atom stereocenters. The fourth-order valence-corrected chi connectivity index (χ4v) is 3.03. The second kappa shape index (κ2) is 5.26. The maximum atomic E-state index is 10.6. The molecule has 1 aromatic carbocycles. The number of hydrogen-bond donors (Lipinski definition) is 1. The van der Waals surface area contributed by atoms with Gasteiger partial charge in [-0.2, -0.15) is 0 Å². The minimum Gasteiger partial charge on any atom is -0.385 e. The third kappa shape index (κ3) is 2.85. The Balaban J connectivity index is 2.22. The van der Waals surface area contributed by atoms with Crippen LogP contribution in [-0.2, 0) is 10.2 Å². The topological polar surface area (TPSA) is 29.5 Å². The summed E-state index contributed by atoms with van der Waals surface area (Å²) in [4.78, 5) is 0. The van der Waals surface area contributed by atoms with Gasteiger partial charge in [0.2, 0.25) is 0 Å². The third-order valence-corrected chi connectivity index (χ3v) is 4.45. The van der Waals surface area contributed by atoms with Gasteiger partial charge in [-0.15, -0.1) is 0 Å². The highest BCUT2D eigenvalue weighted by Gasteiger charge is 2.41. The van der Waals surface area contributed by atoms with E-state index in [1.54, 1.807) is 7.11 Å². The molecule has 0 spiro atoms. The van der Waals surface area contributed by atoms with Crippen molar-refractivity contribution in [2.45, 2.75) is 63.6 Å². The smallest absolute Gasteiger partial charge is 0.108 e. The number of methoxy groups -OCH3 is 1. The second-order valence-corrected chi connectivity index (χ2v) is 6.75. The summed E-state index contributed by atoms with van der Waals surface area (Å²) >= 11 is 0. The van der Waals surface area contributed by atoms with Crippen molar-refractivity contribution in [2.75, 3.05) is 7.11 Å². The number of rotatable bonds is 3. The lowest BCUT2D eigenvalue weighted by molar-refractivity contribution is -0.100. The van der Waals surface area contributed by atoms with E-state index in [4.69, 9.17) is 4.74 Å². The van der Waals surface area contributed by atoms with Crippen molar-refractivity contribution in [1.82, 2.24) is 0 Å². The maximum absolute atomic E-state index is 10.6. The molecule has 0 bridgehead atoms. The van der Waals surface area contributed by atoms with Crippen LogP contribution in [0.15, 0.2) is 24.3 Å². The predicted molar refractivity (Wildman–Crippen MR) is 78.3 cm³/mol. The second-order valence-electron chi connectivity index (χ2n) is 6.75. The number of hydrogen-bond acceptors (Lipinski definition) is 2. The van der Waals surface area contributed by atoms with E-state index in [-0.39, 0.29) is 11.0 Å². The summed E-state index contributed by atoms with van der Waals surface area (Å²) in [7, 11) is 1.72. The molecule has 1 aromatic rings. The Hall–Kier alpha value is -0.860. The van der Waals surface area contributed by atoms with Gasteiger partial charge >= 0.3 is 0 Å². The van der Waals surface area contributed by atoms with Crippen LogP contribution in [0, 0.1) is 0 Å². The van der Waals surface area contributed by atoms with Crippen LogP contribution in [0.3, 0.4) is 0 Å². The molecule has 106 valence electrons. The lowest BCUT2D eigenvalue weighted by atomic mass is 9.84. The van der Waals surface area contributed by atoms with Crippen LogP contribution in [0.25, 0.3) is 0 Å². The van der Waals surface area contributed by atoms with E-state index >= 15 is 0 Å². The Morgan fingerprint density at radius 2 is 1.63 bits per heavy atom. The SMILES string of the molecule is COC1(C(O)c2ccc(C(C)(C)C)cc2)CCCC1. The van der Waals surface area contributed by atoms with Gasteiger partial charge in [-0.3, -0.25) is 0 Å². The van der Waals surface area contributed by atoms with Crippen molar-refractivity contribution in [2.24, 2.45) is 0 Å². The Morgan fingerprint density at radius 3 is 2.05 bits per heavy atom. The largest absolute Gasteiger partial charge is 0.385 e. The monoisotopic (exact) mass is 262 g/mol. The molecule has 0 saturated heterocycles. The molecule has 0 aromatic heterocycles. The average molecular weight is 262 g/mol. The molecule has 2 nitrogen and oxygen atoms in total. The number of ether oxygens (including phenoxy) is 1. The van der Waals surface area contributed by atoms with Crippen molar-refractivity contribution < 1.29 is 9.84 Å². The van der Waals surface area contributed by atoms with Gasteiger partial charge in [-0.05, 0) is 29.4 Å². The quantitative estimate of drug-likeness (QED) is 0.893. The van der Waals surface area contributed by atoms with E-state index in [1.165, 1.54) is 5.56 Å². The number of benzene rings is 1. The van der Waals surface area contributed by atoms with Gasteiger partial charge in [0.1, 0.15) is 6.10 Å². The summed E-state index contributed by atoms with van der Waals surface area (Å²) in [5.74, 6) is 0. The molecule has 2 rings (SSSR count). The number of aliphatic hydroxyl groups is 1. The molecule has 0 aliphatic heterocycles. The van der Waals surface area contributed by atoms with E-state index in [1.807, 2.05) is 12.1 Å². The Kier molecular flexibility index (Phi) is 4.03. The van der Waals surface area contributed by atoms with Gasteiger partial charge in [-0.25, -0.2) is 0 Å². The van der Waals surface area contributed by atoms with E-state index in [0.717, 1.165) is 31.2 Å². The molecule has 1 aliphatic carbocycles. The van der Waals surface area contributed by atoms with Gasteiger partial charge in [0.15, 0.2) is 0 Å². The van der Waals surface area contributed by atoms with E-state index < -0.39 is 6.10 Å². The molecule has 19 heavy (non-hydrogen) atoms. The van der Waals surface area contributed by atoms with E-state index in [2.05, 4.69) is 32.9 Å². The molecule has 0 amide bonds. The summed E-state index contributed by atoms with van der Waals surface area (Å²) < 4.78 is 5.66. The predicted octanol–water partition coefficient (Wildman–Crippen LogP) is 3.98. The zero-order valence-corrected chi connectivity index (χ0v) is 12.6. The maximum Gasteiger partial charge on any atom is 0.108 e. The highest BCUT2D eigenvalue weighted by atomic mass is 16.5. The summed E-state index contributed by atoms with van der Waals surface area (Å²) in [6.07, 6.45) is 3.67. The molecular weight excluding hydrogens is 236 g/mol. The third-order valence-electron chi connectivity index (χ3n) is 4.45. The minimum atomic E-state index is -0.519. The van der Waals surface area contributed by atoms with Crippen LogP contribution in [0.2, 0.25) is 0 Å². The van der Waals surface area contributed by atoms with Crippen molar-refractivity contribution in [3.05, 3.63) is 35.4 Å². The van der Waals surface area contributed by atoms with E-state index in [9.17, 15) is 5.11 Å². The summed E-state index contributed by atoms with van der Waals surface area (Å²) in [6, 6.07) is 8.34. The van der Waals surface area contributed by atoms with Crippen LogP contribution < -0.4 is 0 Å². The normalized spacial score (nSPS) is 20.5. The van der Waals surface area contributed by atoms with Crippen molar-refractivity contribution in [3.63, 3.8) is 0 Å². The lowest BCUT2D eigenvalue weighted by Crippen LogP contribution is -2.35. The van der Waals surface area contributed by atoms with Crippen LogP contribution >= 0.6 is 0 Å². The molecule has 1 aliphatic rings. The van der Waals surface area contributed by atoms with Gasteiger partial charge in [0.05, 0.1) is 5.60 Å². The fourth-order valence-electron chi connectivity index (χ4n) is 3.03. The first-order valence-corrected chi connectivity index (χ1v) is 7.23. The zero-order chi connectivity index (χ0) is 14.1. The van der Waals surface area contributed by atoms with Crippen LogP contribution in [-0.4, -0.2) is 17.8 Å². The molecule has 0 radical (unpaired) electrons. The summed E-state index contributed by atoms with van der Waals surface area (Å²) in [5, 5.41) is 10.6. The van der Waals surface area contributed by atoms with Crippen LogP contribution in [0.4, 0.5) is 0 Å². The highest BCUT2D eigenvalue weighted by Crippen LogP contribution is 2.42. The Labute approximate surface area is 116 Å². The number of aliphatic hydroxyl groups excluding tert-OH is 1. The summed E-state index contributed by atoms with van der Waals surface area (Å²) in [5.41, 5.74) is 2.04. The van der Waals surface area contributed by atoms with Gasteiger partial charge in [0.25, 0.3) is 0 Å². The van der Waals surface area contributed by atoms with Gasteiger partial charge in [-0.1, -0.05) is 57.9 Å². The lowest BCUT2D eigenvalue weighted by Gasteiger charge is -2.33. The van der Waals surface area contributed by atoms with Crippen LogP contribution in [0.5, 0.6) is 0 Å². The van der Waals surface area contributed by atoms with Crippen molar-refractivity contribution >= 4 is 0 Å².